The first-order valence-corrected chi connectivity index (χ1v) is 10.9. The van der Waals surface area contributed by atoms with Crippen molar-refractivity contribution < 1.29 is 9.13 Å². The number of hydrogen-bond donors (Lipinski definition) is 2. The van der Waals surface area contributed by atoms with E-state index < -0.39 is 0 Å². The van der Waals surface area contributed by atoms with Crippen molar-refractivity contribution in [2.75, 3.05) is 36.9 Å². The maximum absolute atomic E-state index is 14.4. The molecule has 2 fully saturated rings. The molecule has 1 aromatic carbocycles. The Labute approximate surface area is 185 Å². The normalized spacial score (nSPS) is 22.4. The highest BCUT2D eigenvalue weighted by Crippen LogP contribution is 2.54. The zero-order valence-electron chi connectivity index (χ0n) is 18.0. The summed E-state index contributed by atoms with van der Waals surface area (Å²) in [5.74, 6) is 3.46. The van der Waals surface area contributed by atoms with E-state index in [0.717, 1.165) is 53.5 Å². The standard InChI is InChI=1S/C23H24FN7O/c1-11-27-7-13(8-28-11)32-23-29-20-5-14-15(3-12(24)4-19(14)26-2)21(20)22(30-23)31-9-17-16(6-25)18(17)10-31/h3-4,7-8,16-18,26H,5-6,9-10,25H2,1-2H3. The van der Waals surface area contributed by atoms with Gasteiger partial charge < -0.3 is 20.7 Å². The number of halogens is 1. The summed E-state index contributed by atoms with van der Waals surface area (Å²) in [5, 5.41) is 3.12. The molecule has 2 unspecified atom stereocenters. The van der Waals surface area contributed by atoms with Crippen LogP contribution in [0.2, 0.25) is 0 Å². The molecule has 2 atom stereocenters. The molecule has 2 aliphatic carbocycles. The Morgan fingerprint density at radius 2 is 1.94 bits per heavy atom. The highest BCUT2D eigenvalue weighted by Gasteiger charge is 2.55. The van der Waals surface area contributed by atoms with Gasteiger partial charge in [0, 0.05) is 37.8 Å². The number of anilines is 2. The van der Waals surface area contributed by atoms with Gasteiger partial charge in [0.2, 0.25) is 0 Å². The van der Waals surface area contributed by atoms with E-state index >= 15 is 0 Å². The van der Waals surface area contributed by atoms with Gasteiger partial charge in [-0.15, -0.1) is 0 Å². The second kappa shape index (κ2) is 7.09. The summed E-state index contributed by atoms with van der Waals surface area (Å²) in [6, 6.07) is 3.36. The largest absolute Gasteiger partial charge is 0.421 e. The monoisotopic (exact) mass is 433 g/mol. The van der Waals surface area contributed by atoms with Crippen LogP contribution in [0.3, 0.4) is 0 Å². The van der Waals surface area contributed by atoms with E-state index in [-0.39, 0.29) is 11.8 Å². The average Bonchev–Trinajstić information content (AvgIpc) is 3.09. The fourth-order valence-electron chi connectivity index (χ4n) is 5.30. The molecule has 3 aromatic rings. The Hall–Kier alpha value is -3.33. The number of aromatic nitrogens is 4. The lowest BCUT2D eigenvalue weighted by molar-refractivity contribution is 0.435. The predicted molar refractivity (Wildman–Crippen MR) is 118 cm³/mol. The number of aryl methyl sites for hydroxylation is 1. The lowest BCUT2D eigenvalue weighted by atomic mass is 10.0. The molecule has 0 radical (unpaired) electrons. The number of ether oxygens (including phenoxy) is 1. The predicted octanol–water partition coefficient (Wildman–Crippen LogP) is 2.76. The summed E-state index contributed by atoms with van der Waals surface area (Å²) in [4.78, 5) is 20.1. The lowest BCUT2D eigenvalue weighted by Crippen LogP contribution is -2.27. The Bertz CT molecular complexity index is 1200. The molecule has 0 amide bonds. The van der Waals surface area contributed by atoms with Gasteiger partial charge in [0.1, 0.15) is 17.5 Å². The average molecular weight is 433 g/mol. The molecular weight excluding hydrogens is 409 g/mol. The molecule has 3 heterocycles. The zero-order chi connectivity index (χ0) is 22.0. The molecule has 3 aliphatic rings. The summed E-state index contributed by atoms with van der Waals surface area (Å²) in [5.41, 5.74) is 10.3. The van der Waals surface area contributed by atoms with Gasteiger partial charge in [0.15, 0.2) is 5.75 Å². The van der Waals surface area contributed by atoms with Crippen molar-refractivity contribution in [1.82, 2.24) is 19.9 Å². The first-order chi connectivity index (χ1) is 15.6. The minimum absolute atomic E-state index is 0.251. The van der Waals surface area contributed by atoms with E-state index in [1.54, 1.807) is 25.5 Å². The number of piperidine rings is 1. The van der Waals surface area contributed by atoms with Crippen molar-refractivity contribution in [1.29, 1.82) is 0 Å². The fraction of sp³-hybridized carbons (Fsp3) is 0.391. The van der Waals surface area contributed by atoms with Crippen LogP contribution in [0, 0.1) is 30.5 Å². The van der Waals surface area contributed by atoms with E-state index in [4.69, 9.17) is 20.4 Å². The van der Waals surface area contributed by atoms with Crippen LogP contribution >= 0.6 is 0 Å². The minimum Gasteiger partial charge on any atom is -0.421 e. The number of fused-ring (bicyclic) bond motifs is 4. The van der Waals surface area contributed by atoms with E-state index in [2.05, 4.69) is 20.2 Å². The van der Waals surface area contributed by atoms with Crippen LogP contribution in [-0.4, -0.2) is 46.6 Å². The smallest absolute Gasteiger partial charge is 0.324 e. The topological polar surface area (TPSA) is 102 Å². The van der Waals surface area contributed by atoms with Gasteiger partial charge in [-0.05, 0) is 54.5 Å². The molecule has 0 spiro atoms. The summed E-state index contributed by atoms with van der Waals surface area (Å²) in [6.07, 6.45) is 3.81. The summed E-state index contributed by atoms with van der Waals surface area (Å²) < 4.78 is 20.4. The van der Waals surface area contributed by atoms with Crippen molar-refractivity contribution in [2.45, 2.75) is 13.3 Å². The minimum atomic E-state index is -0.281. The molecule has 1 aliphatic heterocycles. The first kappa shape index (κ1) is 19.4. The second-order valence-corrected chi connectivity index (χ2v) is 8.76. The number of nitrogens with zero attached hydrogens (tertiary/aromatic N) is 5. The van der Waals surface area contributed by atoms with Gasteiger partial charge in [0.25, 0.3) is 0 Å². The molecule has 2 aromatic heterocycles. The second-order valence-electron chi connectivity index (χ2n) is 8.76. The van der Waals surface area contributed by atoms with Crippen LogP contribution in [0.25, 0.3) is 11.1 Å². The van der Waals surface area contributed by atoms with Gasteiger partial charge in [-0.3, -0.25) is 0 Å². The summed E-state index contributed by atoms with van der Waals surface area (Å²) >= 11 is 0. The van der Waals surface area contributed by atoms with Gasteiger partial charge >= 0.3 is 6.01 Å². The number of benzene rings is 1. The van der Waals surface area contributed by atoms with Gasteiger partial charge in [-0.25, -0.2) is 14.4 Å². The molecule has 1 saturated heterocycles. The highest BCUT2D eigenvalue weighted by atomic mass is 19.1. The van der Waals surface area contributed by atoms with E-state index in [1.165, 1.54) is 6.07 Å². The summed E-state index contributed by atoms with van der Waals surface area (Å²) in [6.45, 7) is 4.34. The molecule has 32 heavy (non-hydrogen) atoms. The van der Waals surface area contributed by atoms with E-state index in [1.807, 2.05) is 6.92 Å². The van der Waals surface area contributed by atoms with Crippen LogP contribution in [0.1, 0.15) is 17.1 Å². The molecule has 1 saturated carbocycles. The zero-order valence-corrected chi connectivity index (χ0v) is 18.0. The van der Waals surface area contributed by atoms with E-state index in [9.17, 15) is 4.39 Å². The number of nitrogens with two attached hydrogens (primary N) is 1. The maximum atomic E-state index is 14.4. The Kier molecular flexibility index (Phi) is 4.29. The van der Waals surface area contributed by atoms with E-state index in [0.29, 0.717) is 35.7 Å². The SMILES string of the molecule is CNc1cc(F)cc2c1Cc1nc(Oc3cnc(C)nc3)nc(N3CC4C(CN)C4C3)c1-2. The molecule has 6 rings (SSSR count). The Morgan fingerprint density at radius 1 is 1.19 bits per heavy atom. The van der Waals surface area contributed by atoms with Gasteiger partial charge in [-0.1, -0.05) is 0 Å². The molecule has 8 nitrogen and oxygen atoms in total. The highest BCUT2D eigenvalue weighted by molar-refractivity contribution is 5.88. The maximum Gasteiger partial charge on any atom is 0.324 e. The van der Waals surface area contributed by atoms with Crippen LogP contribution in [0.4, 0.5) is 15.9 Å². The van der Waals surface area contributed by atoms with Gasteiger partial charge in [0.05, 0.1) is 18.1 Å². The van der Waals surface area contributed by atoms with Crippen LogP contribution in [0.5, 0.6) is 11.8 Å². The third-order valence-corrected chi connectivity index (χ3v) is 6.95. The van der Waals surface area contributed by atoms with Crippen LogP contribution in [-0.2, 0) is 6.42 Å². The van der Waals surface area contributed by atoms with Crippen molar-refractivity contribution in [3.8, 4) is 22.9 Å². The van der Waals surface area contributed by atoms with Crippen molar-refractivity contribution in [3.05, 3.63) is 47.4 Å². The third kappa shape index (κ3) is 2.99. The summed E-state index contributed by atoms with van der Waals surface area (Å²) in [7, 11) is 1.80. The molecular formula is C23H24FN7O. The Balaban J connectivity index is 1.43. The third-order valence-electron chi connectivity index (χ3n) is 6.95. The number of nitrogens with one attached hydrogen (secondary N) is 1. The van der Waals surface area contributed by atoms with Crippen molar-refractivity contribution in [2.24, 2.45) is 23.5 Å². The quantitative estimate of drug-likeness (QED) is 0.495. The Morgan fingerprint density at radius 3 is 2.62 bits per heavy atom. The van der Waals surface area contributed by atoms with Gasteiger partial charge in [-0.2, -0.15) is 9.97 Å². The molecule has 164 valence electrons. The van der Waals surface area contributed by atoms with Crippen molar-refractivity contribution >= 4 is 11.5 Å². The number of rotatable bonds is 5. The molecule has 0 bridgehead atoms. The molecule has 3 N–H and O–H groups in total. The first-order valence-electron chi connectivity index (χ1n) is 10.9. The van der Waals surface area contributed by atoms with Crippen molar-refractivity contribution in [3.63, 3.8) is 0 Å². The van der Waals surface area contributed by atoms with Crippen LogP contribution in [0.15, 0.2) is 24.5 Å². The molecule has 9 heteroatoms. The lowest BCUT2D eigenvalue weighted by Gasteiger charge is -2.24. The van der Waals surface area contributed by atoms with Crippen LogP contribution < -0.4 is 20.7 Å². The fourth-order valence-corrected chi connectivity index (χ4v) is 5.30. The number of hydrogen-bond acceptors (Lipinski definition) is 8.